The average Bonchev–Trinajstić information content (AvgIpc) is 2.50. The van der Waals surface area contributed by atoms with Crippen molar-refractivity contribution in [3.63, 3.8) is 0 Å². The van der Waals surface area contributed by atoms with Crippen molar-refractivity contribution in [3.05, 3.63) is 52.5 Å². The Morgan fingerprint density at radius 3 is 2.35 bits per heavy atom. The Hall–Kier alpha value is -1.91. The molecule has 1 amide bonds. The van der Waals surface area contributed by atoms with Gasteiger partial charge >= 0.3 is 0 Å². The molecule has 0 unspecified atom stereocenters. The zero-order valence-corrected chi connectivity index (χ0v) is 14.7. The lowest BCUT2D eigenvalue weighted by molar-refractivity contribution is -0.122. The minimum absolute atomic E-state index is 0.256. The number of nitrogens with zero attached hydrogens (tertiary/aromatic N) is 1. The van der Waals surface area contributed by atoms with Crippen LogP contribution < -0.4 is 15.0 Å². The second kappa shape index (κ2) is 7.57. The van der Waals surface area contributed by atoms with E-state index >= 15 is 0 Å². The molecular formula is C17H18Cl2N2O2. The third-order valence-corrected chi connectivity index (χ3v) is 3.75. The van der Waals surface area contributed by atoms with Crippen molar-refractivity contribution in [2.24, 2.45) is 0 Å². The van der Waals surface area contributed by atoms with Crippen LogP contribution >= 0.6 is 23.2 Å². The first-order valence-electron chi connectivity index (χ1n) is 7.07. The van der Waals surface area contributed by atoms with Crippen LogP contribution in [0.3, 0.4) is 0 Å². The number of carbonyl (C=O) groups is 1. The van der Waals surface area contributed by atoms with Gasteiger partial charge in [0.1, 0.15) is 5.75 Å². The van der Waals surface area contributed by atoms with Crippen LogP contribution in [0, 0.1) is 0 Å². The van der Waals surface area contributed by atoms with E-state index in [1.807, 2.05) is 43.3 Å². The third-order valence-electron chi connectivity index (χ3n) is 3.22. The van der Waals surface area contributed by atoms with E-state index in [1.54, 1.807) is 25.1 Å². The van der Waals surface area contributed by atoms with E-state index in [4.69, 9.17) is 27.9 Å². The number of ether oxygens (including phenoxy) is 1. The summed E-state index contributed by atoms with van der Waals surface area (Å²) in [4.78, 5) is 14.2. The first-order valence-corrected chi connectivity index (χ1v) is 7.82. The molecule has 2 rings (SSSR count). The van der Waals surface area contributed by atoms with Crippen molar-refractivity contribution in [2.45, 2.75) is 13.0 Å². The van der Waals surface area contributed by atoms with Gasteiger partial charge in [0.05, 0.1) is 5.02 Å². The Kier molecular flexibility index (Phi) is 5.74. The van der Waals surface area contributed by atoms with Gasteiger partial charge in [0.2, 0.25) is 0 Å². The molecule has 0 aliphatic carbocycles. The molecule has 122 valence electrons. The molecule has 23 heavy (non-hydrogen) atoms. The number of halogens is 2. The van der Waals surface area contributed by atoms with Gasteiger partial charge in [-0.15, -0.1) is 0 Å². The van der Waals surface area contributed by atoms with Crippen LogP contribution in [0.5, 0.6) is 5.75 Å². The number of nitrogens with one attached hydrogen (secondary N) is 1. The highest BCUT2D eigenvalue weighted by atomic mass is 35.5. The monoisotopic (exact) mass is 352 g/mol. The molecule has 0 radical (unpaired) electrons. The van der Waals surface area contributed by atoms with Gasteiger partial charge in [0.15, 0.2) is 6.10 Å². The second-order valence-corrected chi connectivity index (χ2v) is 6.11. The van der Waals surface area contributed by atoms with E-state index in [0.717, 1.165) is 5.69 Å². The highest BCUT2D eigenvalue weighted by Crippen LogP contribution is 2.28. The van der Waals surface area contributed by atoms with Crippen molar-refractivity contribution < 1.29 is 9.53 Å². The number of amides is 1. The summed E-state index contributed by atoms with van der Waals surface area (Å²) in [7, 11) is 3.92. The van der Waals surface area contributed by atoms with E-state index < -0.39 is 6.10 Å². The Morgan fingerprint density at radius 2 is 1.78 bits per heavy atom. The van der Waals surface area contributed by atoms with Crippen LogP contribution in [0.4, 0.5) is 11.4 Å². The summed E-state index contributed by atoms with van der Waals surface area (Å²) in [5.41, 5.74) is 1.76. The molecule has 0 heterocycles. The van der Waals surface area contributed by atoms with E-state index in [-0.39, 0.29) is 5.91 Å². The number of carbonyl (C=O) groups excluding carboxylic acids is 1. The summed E-state index contributed by atoms with van der Waals surface area (Å²) in [5.74, 6) is 0.162. The Morgan fingerprint density at radius 1 is 1.13 bits per heavy atom. The van der Waals surface area contributed by atoms with Crippen LogP contribution in [-0.4, -0.2) is 26.1 Å². The van der Waals surface area contributed by atoms with Gasteiger partial charge in [-0.3, -0.25) is 4.79 Å². The lowest BCUT2D eigenvalue weighted by Crippen LogP contribution is -2.30. The van der Waals surface area contributed by atoms with Gasteiger partial charge in [-0.1, -0.05) is 23.2 Å². The summed E-state index contributed by atoms with van der Waals surface area (Å²) in [6.45, 7) is 1.66. The first-order chi connectivity index (χ1) is 10.9. The maximum atomic E-state index is 12.2. The van der Waals surface area contributed by atoms with Crippen molar-refractivity contribution in [1.29, 1.82) is 0 Å². The molecule has 1 N–H and O–H groups in total. The van der Waals surface area contributed by atoms with E-state index in [9.17, 15) is 4.79 Å². The first kappa shape index (κ1) is 17.4. The Labute approximate surface area is 146 Å². The van der Waals surface area contributed by atoms with Crippen LogP contribution in [0.15, 0.2) is 42.5 Å². The smallest absolute Gasteiger partial charge is 0.265 e. The normalized spacial score (nSPS) is 11.7. The van der Waals surface area contributed by atoms with Gasteiger partial charge in [-0.25, -0.2) is 0 Å². The quantitative estimate of drug-likeness (QED) is 0.863. The lowest BCUT2D eigenvalue weighted by Gasteiger charge is -2.16. The van der Waals surface area contributed by atoms with Gasteiger partial charge in [0, 0.05) is 30.5 Å². The van der Waals surface area contributed by atoms with Gasteiger partial charge in [-0.2, -0.15) is 0 Å². The summed E-state index contributed by atoms with van der Waals surface area (Å²) >= 11 is 11.9. The topological polar surface area (TPSA) is 41.6 Å². The second-order valence-electron chi connectivity index (χ2n) is 5.27. The highest BCUT2D eigenvalue weighted by molar-refractivity contribution is 6.35. The van der Waals surface area contributed by atoms with Crippen molar-refractivity contribution in [2.75, 3.05) is 24.3 Å². The molecule has 0 aliphatic heterocycles. The van der Waals surface area contributed by atoms with E-state index in [2.05, 4.69) is 5.32 Å². The van der Waals surface area contributed by atoms with Gasteiger partial charge in [0.25, 0.3) is 5.91 Å². The van der Waals surface area contributed by atoms with E-state index in [1.165, 1.54) is 0 Å². The molecule has 0 fully saturated rings. The van der Waals surface area contributed by atoms with E-state index in [0.29, 0.717) is 21.5 Å². The zero-order valence-electron chi connectivity index (χ0n) is 13.1. The fourth-order valence-electron chi connectivity index (χ4n) is 1.90. The minimum atomic E-state index is -0.692. The molecule has 4 nitrogen and oxygen atoms in total. The molecule has 2 aromatic carbocycles. The van der Waals surface area contributed by atoms with Crippen molar-refractivity contribution in [3.8, 4) is 5.75 Å². The predicted molar refractivity (Wildman–Crippen MR) is 96.0 cm³/mol. The number of hydrogen-bond donors (Lipinski definition) is 1. The Bertz CT molecular complexity index is 687. The molecule has 0 saturated carbocycles. The van der Waals surface area contributed by atoms with Crippen LogP contribution in [0.1, 0.15) is 6.92 Å². The van der Waals surface area contributed by atoms with Gasteiger partial charge < -0.3 is 15.0 Å². The van der Waals surface area contributed by atoms with Crippen molar-refractivity contribution >= 4 is 40.5 Å². The highest BCUT2D eigenvalue weighted by Gasteiger charge is 2.16. The number of rotatable bonds is 5. The molecule has 0 aliphatic rings. The zero-order chi connectivity index (χ0) is 17.0. The number of hydrogen-bond acceptors (Lipinski definition) is 3. The lowest BCUT2D eigenvalue weighted by atomic mass is 10.2. The third kappa shape index (κ3) is 4.78. The summed E-state index contributed by atoms with van der Waals surface area (Å²) in [6.07, 6.45) is -0.692. The summed E-state index contributed by atoms with van der Waals surface area (Å²) < 4.78 is 5.59. The average molecular weight is 353 g/mol. The molecule has 0 aromatic heterocycles. The number of anilines is 2. The molecule has 1 atom stereocenters. The Balaban J connectivity index is 1.99. The predicted octanol–water partition coefficient (Wildman–Crippen LogP) is 4.47. The maximum absolute atomic E-state index is 12.2. The molecular weight excluding hydrogens is 335 g/mol. The molecule has 2 aromatic rings. The minimum Gasteiger partial charge on any atom is -0.479 e. The van der Waals surface area contributed by atoms with Crippen molar-refractivity contribution in [1.82, 2.24) is 0 Å². The van der Waals surface area contributed by atoms with Crippen LogP contribution in [-0.2, 0) is 4.79 Å². The van der Waals surface area contributed by atoms with Crippen LogP contribution in [0.25, 0.3) is 0 Å². The fraction of sp³-hybridized carbons (Fsp3) is 0.235. The SMILES string of the molecule is C[C@H](Oc1ccc(Cl)cc1Cl)C(=O)Nc1ccc(N(C)C)cc1. The molecule has 0 saturated heterocycles. The standard InChI is InChI=1S/C17H18Cl2N2O2/c1-11(23-16-9-4-12(18)10-15(16)19)17(22)20-13-5-7-14(8-6-13)21(2)3/h4-11H,1-3H3,(H,20,22)/t11-/m0/s1. The van der Waals surface area contributed by atoms with Gasteiger partial charge in [-0.05, 0) is 49.4 Å². The maximum Gasteiger partial charge on any atom is 0.265 e. The number of benzene rings is 2. The fourth-order valence-corrected chi connectivity index (χ4v) is 2.35. The summed E-state index contributed by atoms with van der Waals surface area (Å²) in [5, 5.41) is 3.69. The largest absolute Gasteiger partial charge is 0.479 e. The summed E-state index contributed by atoms with van der Waals surface area (Å²) in [6, 6.07) is 12.4. The molecule has 0 spiro atoms. The molecule has 6 heteroatoms. The molecule has 0 bridgehead atoms. The van der Waals surface area contributed by atoms with Crippen LogP contribution in [0.2, 0.25) is 10.0 Å².